The van der Waals surface area contributed by atoms with Crippen LogP contribution in [0.3, 0.4) is 0 Å². The van der Waals surface area contributed by atoms with Crippen molar-refractivity contribution in [2.24, 2.45) is 5.92 Å². The highest BCUT2D eigenvalue weighted by molar-refractivity contribution is 5.14. The number of nitrogens with zero attached hydrogens (tertiary/aromatic N) is 1. The minimum absolute atomic E-state index is 0.718. The predicted octanol–water partition coefficient (Wildman–Crippen LogP) is 2.71. The first-order valence-electron chi connectivity index (χ1n) is 8.97. The molecule has 1 unspecified atom stereocenters. The molecule has 1 aromatic carbocycles. The molecule has 22 heavy (non-hydrogen) atoms. The highest BCUT2D eigenvalue weighted by atomic mass is 16.5. The van der Waals surface area contributed by atoms with Crippen LogP contribution in [0.1, 0.15) is 31.2 Å². The molecule has 1 atom stereocenters. The molecule has 3 heteroatoms. The molecular weight excluding hydrogens is 272 g/mol. The van der Waals surface area contributed by atoms with Gasteiger partial charge in [0.25, 0.3) is 0 Å². The highest BCUT2D eigenvalue weighted by Crippen LogP contribution is 2.15. The van der Waals surface area contributed by atoms with Crippen molar-refractivity contribution in [2.75, 3.05) is 39.4 Å². The number of hydrogen-bond acceptors (Lipinski definition) is 3. The van der Waals surface area contributed by atoms with Crippen molar-refractivity contribution < 1.29 is 4.74 Å². The van der Waals surface area contributed by atoms with Crippen LogP contribution in [0, 0.1) is 5.92 Å². The molecule has 2 heterocycles. The maximum atomic E-state index is 5.56. The van der Waals surface area contributed by atoms with E-state index in [4.69, 9.17) is 4.74 Å². The number of rotatable bonds is 6. The summed E-state index contributed by atoms with van der Waals surface area (Å²) in [7, 11) is 0. The van der Waals surface area contributed by atoms with Gasteiger partial charge in [0.15, 0.2) is 0 Å². The molecule has 0 saturated carbocycles. The summed E-state index contributed by atoms with van der Waals surface area (Å²) >= 11 is 0. The van der Waals surface area contributed by atoms with E-state index in [0.29, 0.717) is 0 Å². The van der Waals surface area contributed by atoms with Gasteiger partial charge in [0, 0.05) is 25.7 Å². The van der Waals surface area contributed by atoms with E-state index in [2.05, 4.69) is 40.5 Å². The summed E-state index contributed by atoms with van der Waals surface area (Å²) in [6.07, 6.45) is 6.34. The summed E-state index contributed by atoms with van der Waals surface area (Å²) in [4.78, 5) is 2.62. The van der Waals surface area contributed by atoms with E-state index in [1.54, 1.807) is 0 Å². The van der Waals surface area contributed by atoms with E-state index < -0.39 is 0 Å². The third kappa shape index (κ3) is 5.08. The summed E-state index contributed by atoms with van der Waals surface area (Å²) in [5, 5.41) is 3.78. The summed E-state index contributed by atoms with van der Waals surface area (Å²) in [5.74, 6) is 0.741. The van der Waals surface area contributed by atoms with Crippen molar-refractivity contribution in [3.05, 3.63) is 35.9 Å². The summed E-state index contributed by atoms with van der Waals surface area (Å²) in [6, 6.07) is 11.6. The van der Waals surface area contributed by atoms with Crippen LogP contribution in [0.25, 0.3) is 0 Å². The van der Waals surface area contributed by atoms with Gasteiger partial charge < -0.3 is 15.0 Å². The lowest BCUT2D eigenvalue weighted by molar-refractivity contribution is 0.0525. The van der Waals surface area contributed by atoms with Crippen LogP contribution < -0.4 is 5.32 Å². The monoisotopic (exact) mass is 302 g/mol. The average Bonchev–Trinajstić information content (AvgIpc) is 2.61. The van der Waals surface area contributed by atoms with Gasteiger partial charge in [-0.3, -0.25) is 0 Å². The van der Waals surface area contributed by atoms with Crippen molar-refractivity contribution in [1.29, 1.82) is 0 Å². The second kappa shape index (κ2) is 8.66. The Bertz CT molecular complexity index is 409. The first-order valence-corrected chi connectivity index (χ1v) is 8.97. The molecule has 2 fully saturated rings. The molecule has 2 aliphatic rings. The van der Waals surface area contributed by atoms with Crippen molar-refractivity contribution in [1.82, 2.24) is 10.2 Å². The molecule has 0 bridgehead atoms. The van der Waals surface area contributed by atoms with Crippen molar-refractivity contribution >= 4 is 0 Å². The van der Waals surface area contributed by atoms with Crippen LogP contribution in [-0.4, -0.2) is 50.3 Å². The van der Waals surface area contributed by atoms with Gasteiger partial charge in [-0.2, -0.15) is 0 Å². The van der Waals surface area contributed by atoms with Crippen LogP contribution in [-0.2, 0) is 11.2 Å². The van der Waals surface area contributed by atoms with Gasteiger partial charge in [0.1, 0.15) is 0 Å². The van der Waals surface area contributed by atoms with Gasteiger partial charge in [-0.15, -0.1) is 0 Å². The molecule has 2 aliphatic heterocycles. The zero-order valence-electron chi connectivity index (χ0n) is 13.7. The summed E-state index contributed by atoms with van der Waals surface area (Å²) in [6.45, 7) is 6.76. The van der Waals surface area contributed by atoms with E-state index in [0.717, 1.165) is 31.7 Å². The molecule has 0 aliphatic carbocycles. The lowest BCUT2D eigenvalue weighted by Gasteiger charge is -2.33. The maximum absolute atomic E-state index is 5.56. The molecule has 0 spiro atoms. The lowest BCUT2D eigenvalue weighted by atomic mass is 10.00. The fraction of sp³-hybridized carbons (Fsp3) is 0.684. The van der Waals surface area contributed by atoms with Gasteiger partial charge in [-0.05, 0) is 56.7 Å². The lowest BCUT2D eigenvalue weighted by Crippen LogP contribution is -2.45. The molecule has 2 saturated heterocycles. The molecule has 1 aromatic rings. The van der Waals surface area contributed by atoms with Crippen LogP contribution in [0.15, 0.2) is 30.3 Å². The SMILES string of the molecule is c1ccc(CCN2CCC(NCC3CCCOC3)CC2)cc1. The van der Waals surface area contributed by atoms with Crippen molar-refractivity contribution in [3.63, 3.8) is 0 Å². The Morgan fingerprint density at radius 3 is 2.64 bits per heavy atom. The summed E-state index contributed by atoms with van der Waals surface area (Å²) in [5.41, 5.74) is 1.46. The fourth-order valence-corrected chi connectivity index (χ4v) is 3.59. The van der Waals surface area contributed by atoms with E-state index in [1.807, 2.05) is 0 Å². The fourth-order valence-electron chi connectivity index (χ4n) is 3.59. The van der Waals surface area contributed by atoms with Crippen molar-refractivity contribution in [2.45, 2.75) is 38.1 Å². The standard InChI is InChI=1S/C19H30N2O/c1-2-5-17(6-3-1)8-11-21-12-9-19(10-13-21)20-15-18-7-4-14-22-16-18/h1-3,5-6,18-20H,4,7-16H2. The molecule has 0 aromatic heterocycles. The van der Waals surface area contributed by atoms with Gasteiger partial charge in [-0.1, -0.05) is 30.3 Å². The smallest absolute Gasteiger partial charge is 0.0506 e. The second-order valence-corrected chi connectivity index (χ2v) is 6.84. The minimum Gasteiger partial charge on any atom is -0.381 e. The number of hydrogen-bond donors (Lipinski definition) is 1. The third-order valence-corrected chi connectivity index (χ3v) is 5.10. The Hall–Kier alpha value is -0.900. The minimum atomic E-state index is 0.718. The van der Waals surface area contributed by atoms with Crippen LogP contribution >= 0.6 is 0 Å². The molecule has 3 rings (SSSR count). The van der Waals surface area contributed by atoms with Crippen molar-refractivity contribution in [3.8, 4) is 0 Å². The molecule has 3 nitrogen and oxygen atoms in total. The molecule has 122 valence electrons. The number of nitrogens with one attached hydrogen (secondary N) is 1. The number of likely N-dealkylation sites (tertiary alicyclic amines) is 1. The normalized spacial score (nSPS) is 24.5. The van der Waals surface area contributed by atoms with E-state index >= 15 is 0 Å². The molecule has 0 radical (unpaired) electrons. The van der Waals surface area contributed by atoms with Gasteiger partial charge in [-0.25, -0.2) is 0 Å². The topological polar surface area (TPSA) is 24.5 Å². The quantitative estimate of drug-likeness (QED) is 0.874. The Balaban J connectivity index is 1.30. The Morgan fingerprint density at radius 2 is 1.91 bits per heavy atom. The average molecular weight is 302 g/mol. The van der Waals surface area contributed by atoms with E-state index in [9.17, 15) is 0 Å². The van der Waals surface area contributed by atoms with Gasteiger partial charge >= 0.3 is 0 Å². The Kier molecular flexibility index (Phi) is 6.29. The third-order valence-electron chi connectivity index (χ3n) is 5.10. The zero-order chi connectivity index (χ0) is 15.0. The Labute approximate surface area is 135 Å². The highest BCUT2D eigenvalue weighted by Gasteiger charge is 2.20. The van der Waals surface area contributed by atoms with Crippen LogP contribution in [0.4, 0.5) is 0 Å². The van der Waals surface area contributed by atoms with Crippen LogP contribution in [0.2, 0.25) is 0 Å². The predicted molar refractivity (Wildman–Crippen MR) is 91.2 cm³/mol. The zero-order valence-corrected chi connectivity index (χ0v) is 13.7. The maximum Gasteiger partial charge on any atom is 0.0506 e. The number of benzene rings is 1. The molecular formula is C19H30N2O. The number of piperidine rings is 1. The largest absolute Gasteiger partial charge is 0.381 e. The molecule has 1 N–H and O–H groups in total. The van der Waals surface area contributed by atoms with Crippen LogP contribution in [0.5, 0.6) is 0 Å². The number of ether oxygens (including phenoxy) is 1. The Morgan fingerprint density at radius 1 is 1.09 bits per heavy atom. The first-order chi connectivity index (χ1) is 10.9. The summed E-state index contributed by atoms with van der Waals surface area (Å²) < 4.78 is 5.56. The van der Waals surface area contributed by atoms with Gasteiger partial charge in [0.2, 0.25) is 0 Å². The van der Waals surface area contributed by atoms with E-state index in [1.165, 1.54) is 57.3 Å². The molecule has 0 amide bonds. The second-order valence-electron chi connectivity index (χ2n) is 6.84. The first kappa shape index (κ1) is 16.0. The van der Waals surface area contributed by atoms with Gasteiger partial charge in [0.05, 0.1) is 6.61 Å². The van der Waals surface area contributed by atoms with E-state index in [-0.39, 0.29) is 0 Å².